The van der Waals surface area contributed by atoms with Crippen LogP contribution in [0.5, 0.6) is 17.2 Å². The molecule has 0 aliphatic carbocycles. The van der Waals surface area contributed by atoms with Gasteiger partial charge in [-0.15, -0.1) is 0 Å². The van der Waals surface area contributed by atoms with Gasteiger partial charge >= 0.3 is 0 Å². The first-order valence-electron chi connectivity index (χ1n) is 8.36. The first kappa shape index (κ1) is 19.3. The summed E-state index contributed by atoms with van der Waals surface area (Å²) in [5.41, 5.74) is 5.29. The molecule has 6 nitrogen and oxygen atoms in total. The molecule has 0 radical (unpaired) electrons. The van der Waals surface area contributed by atoms with Gasteiger partial charge in [-0.1, -0.05) is 12.1 Å². The van der Waals surface area contributed by atoms with Gasteiger partial charge in [0.1, 0.15) is 5.75 Å². The van der Waals surface area contributed by atoms with E-state index < -0.39 is 0 Å². The van der Waals surface area contributed by atoms with Crippen molar-refractivity contribution < 1.29 is 19.4 Å². The Hall–Kier alpha value is -3.02. The number of methoxy groups -OCH3 is 2. The van der Waals surface area contributed by atoms with E-state index in [4.69, 9.17) is 9.47 Å². The smallest absolute Gasteiger partial charge is 0.240 e. The minimum atomic E-state index is -0.171. The lowest BCUT2D eigenvalue weighted by molar-refractivity contribution is -0.121. The first-order valence-corrected chi connectivity index (χ1v) is 8.36. The largest absolute Gasteiger partial charge is 0.504 e. The summed E-state index contributed by atoms with van der Waals surface area (Å²) in [4.78, 5) is 11.9. The van der Waals surface area contributed by atoms with Gasteiger partial charge in [0, 0.05) is 12.0 Å². The number of benzene rings is 2. The number of nitrogens with one attached hydrogen (secondary N) is 1. The van der Waals surface area contributed by atoms with E-state index in [1.165, 1.54) is 18.9 Å². The van der Waals surface area contributed by atoms with Crippen LogP contribution in [0.4, 0.5) is 0 Å². The molecule has 0 heterocycles. The van der Waals surface area contributed by atoms with Crippen LogP contribution >= 0.6 is 0 Å². The third-order valence-electron chi connectivity index (χ3n) is 4.04. The molecule has 0 fully saturated rings. The number of phenols is 1. The van der Waals surface area contributed by atoms with E-state index in [1.807, 2.05) is 25.1 Å². The van der Waals surface area contributed by atoms with Crippen LogP contribution in [0, 0.1) is 6.92 Å². The molecule has 138 valence electrons. The number of nitrogens with zero attached hydrogens (tertiary/aromatic N) is 1. The van der Waals surface area contributed by atoms with Crippen molar-refractivity contribution in [3.63, 3.8) is 0 Å². The number of aromatic hydroxyl groups is 1. The van der Waals surface area contributed by atoms with E-state index in [9.17, 15) is 9.90 Å². The van der Waals surface area contributed by atoms with Gasteiger partial charge < -0.3 is 14.6 Å². The van der Waals surface area contributed by atoms with Crippen LogP contribution in [0.1, 0.15) is 29.5 Å². The Labute approximate surface area is 153 Å². The third-order valence-corrected chi connectivity index (χ3v) is 4.04. The zero-order valence-corrected chi connectivity index (χ0v) is 15.3. The van der Waals surface area contributed by atoms with Crippen LogP contribution in [0.25, 0.3) is 0 Å². The van der Waals surface area contributed by atoms with E-state index in [0.717, 1.165) is 24.2 Å². The topological polar surface area (TPSA) is 80.2 Å². The molecular weight excluding hydrogens is 332 g/mol. The fraction of sp³-hybridized carbons (Fsp3) is 0.300. The summed E-state index contributed by atoms with van der Waals surface area (Å²) < 4.78 is 10.2. The van der Waals surface area contributed by atoms with Crippen molar-refractivity contribution in [1.29, 1.82) is 0 Å². The van der Waals surface area contributed by atoms with Gasteiger partial charge in [0.15, 0.2) is 11.5 Å². The summed E-state index contributed by atoms with van der Waals surface area (Å²) in [6.07, 6.45) is 3.29. The van der Waals surface area contributed by atoms with E-state index in [-0.39, 0.29) is 11.7 Å². The monoisotopic (exact) mass is 356 g/mol. The Morgan fingerprint density at radius 3 is 2.73 bits per heavy atom. The third kappa shape index (κ3) is 5.24. The first-order chi connectivity index (χ1) is 12.5. The van der Waals surface area contributed by atoms with Crippen molar-refractivity contribution in [3.8, 4) is 17.2 Å². The zero-order chi connectivity index (χ0) is 18.9. The maximum absolute atomic E-state index is 11.9. The number of phenolic OH excluding ortho intramolecular Hbond substituents is 1. The average molecular weight is 356 g/mol. The molecule has 0 aliphatic rings. The highest BCUT2D eigenvalue weighted by Crippen LogP contribution is 2.27. The number of amides is 1. The standard InChI is InChI=1S/C20H24N2O4/c1-14-12-17(25-2)11-10-15(14)6-5-9-19(23)22-21-13-16-7-4-8-18(26-3)20(16)24/h4,7-8,10-13,24H,5-6,9H2,1-3H3,(H,22,23)/b21-13-. The number of hydrogen-bond acceptors (Lipinski definition) is 5. The van der Waals surface area contributed by atoms with E-state index >= 15 is 0 Å². The fourth-order valence-corrected chi connectivity index (χ4v) is 2.55. The summed E-state index contributed by atoms with van der Waals surface area (Å²) >= 11 is 0. The Kier molecular flexibility index (Phi) is 7.02. The summed E-state index contributed by atoms with van der Waals surface area (Å²) in [7, 11) is 3.12. The number of aryl methyl sites for hydroxylation is 2. The van der Waals surface area contributed by atoms with Gasteiger partial charge in [0.2, 0.25) is 5.91 Å². The average Bonchev–Trinajstić information content (AvgIpc) is 2.64. The number of para-hydroxylation sites is 1. The van der Waals surface area contributed by atoms with Crippen LogP contribution in [-0.4, -0.2) is 31.4 Å². The van der Waals surface area contributed by atoms with Gasteiger partial charge in [-0.05, 0) is 55.2 Å². The van der Waals surface area contributed by atoms with Gasteiger partial charge in [0.05, 0.1) is 20.4 Å². The molecule has 26 heavy (non-hydrogen) atoms. The predicted molar refractivity (Wildman–Crippen MR) is 101 cm³/mol. The minimum absolute atomic E-state index is 0.0111. The second-order valence-corrected chi connectivity index (χ2v) is 5.84. The zero-order valence-electron chi connectivity index (χ0n) is 15.3. The van der Waals surface area contributed by atoms with Gasteiger partial charge in [-0.25, -0.2) is 5.43 Å². The second kappa shape index (κ2) is 9.46. The van der Waals surface area contributed by atoms with Crippen molar-refractivity contribution in [2.45, 2.75) is 26.2 Å². The molecule has 2 N–H and O–H groups in total. The summed E-state index contributed by atoms with van der Waals surface area (Å²) in [6, 6.07) is 11.0. The van der Waals surface area contributed by atoms with Crippen molar-refractivity contribution in [1.82, 2.24) is 5.43 Å². The lowest BCUT2D eigenvalue weighted by atomic mass is 10.0. The van der Waals surface area contributed by atoms with Crippen LogP contribution < -0.4 is 14.9 Å². The van der Waals surface area contributed by atoms with Crippen molar-refractivity contribution in [2.75, 3.05) is 14.2 Å². The van der Waals surface area contributed by atoms with Crippen LogP contribution in [0.15, 0.2) is 41.5 Å². The highest BCUT2D eigenvalue weighted by molar-refractivity contribution is 5.86. The van der Waals surface area contributed by atoms with Gasteiger partial charge in [0.25, 0.3) is 0 Å². The molecule has 0 aromatic heterocycles. The molecule has 0 saturated carbocycles. The minimum Gasteiger partial charge on any atom is -0.504 e. The fourth-order valence-electron chi connectivity index (χ4n) is 2.55. The normalized spacial score (nSPS) is 10.7. The lowest BCUT2D eigenvalue weighted by Gasteiger charge is -2.08. The van der Waals surface area contributed by atoms with Crippen LogP contribution in [0.3, 0.4) is 0 Å². The lowest BCUT2D eigenvalue weighted by Crippen LogP contribution is -2.17. The van der Waals surface area contributed by atoms with E-state index in [0.29, 0.717) is 17.7 Å². The van der Waals surface area contributed by atoms with Crippen LogP contribution in [0.2, 0.25) is 0 Å². The predicted octanol–water partition coefficient (Wildman–Crippen LogP) is 3.19. The molecule has 0 atom stereocenters. The maximum Gasteiger partial charge on any atom is 0.240 e. The Morgan fingerprint density at radius 1 is 1.23 bits per heavy atom. The van der Waals surface area contributed by atoms with Crippen molar-refractivity contribution in [3.05, 3.63) is 53.1 Å². The number of rotatable bonds is 8. The Morgan fingerprint density at radius 2 is 2.04 bits per heavy atom. The maximum atomic E-state index is 11.9. The van der Waals surface area contributed by atoms with Gasteiger partial charge in [-0.2, -0.15) is 5.10 Å². The highest BCUT2D eigenvalue weighted by atomic mass is 16.5. The Bertz CT molecular complexity index is 787. The molecule has 1 amide bonds. The molecule has 0 saturated heterocycles. The quantitative estimate of drug-likeness (QED) is 0.562. The summed E-state index contributed by atoms with van der Waals surface area (Å²) in [5, 5.41) is 13.8. The summed E-state index contributed by atoms with van der Waals surface area (Å²) in [5.74, 6) is 1.01. The molecule has 2 aromatic rings. The number of carbonyl (C=O) groups is 1. The number of hydrazone groups is 1. The molecule has 6 heteroatoms. The van der Waals surface area contributed by atoms with E-state index in [1.54, 1.807) is 25.3 Å². The molecule has 0 unspecified atom stereocenters. The molecule has 0 aliphatic heterocycles. The number of carbonyl (C=O) groups excluding carboxylic acids is 1. The van der Waals surface area contributed by atoms with Gasteiger partial charge in [-0.3, -0.25) is 4.79 Å². The molecule has 2 aromatic carbocycles. The van der Waals surface area contributed by atoms with Crippen LogP contribution in [-0.2, 0) is 11.2 Å². The number of ether oxygens (including phenoxy) is 2. The molecular formula is C20H24N2O4. The van der Waals surface area contributed by atoms with E-state index in [2.05, 4.69) is 10.5 Å². The number of hydrogen-bond donors (Lipinski definition) is 2. The molecule has 0 bridgehead atoms. The molecule has 0 spiro atoms. The second-order valence-electron chi connectivity index (χ2n) is 5.84. The Balaban J connectivity index is 1.81. The van der Waals surface area contributed by atoms with Crippen molar-refractivity contribution >= 4 is 12.1 Å². The molecule has 2 rings (SSSR count). The summed E-state index contributed by atoms with van der Waals surface area (Å²) in [6.45, 7) is 2.03. The highest BCUT2D eigenvalue weighted by Gasteiger charge is 2.06. The van der Waals surface area contributed by atoms with Crippen molar-refractivity contribution in [2.24, 2.45) is 5.10 Å². The SMILES string of the molecule is COc1ccc(CCCC(=O)N/N=C\c2cccc(OC)c2O)c(C)c1.